The van der Waals surface area contributed by atoms with Crippen molar-refractivity contribution in [2.45, 2.75) is 26.0 Å². The van der Waals surface area contributed by atoms with E-state index >= 15 is 0 Å². The molecule has 2 aromatic rings. The van der Waals surface area contributed by atoms with E-state index in [-0.39, 0.29) is 22.7 Å². The summed E-state index contributed by atoms with van der Waals surface area (Å²) < 4.78 is 5.99. The molecule has 2 N–H and O–H groups in total. The van der Waals surface area contributed by atoms with Crippen LogP contribution in [0.2, 0.25) is 0 Å². The zero-order chi connectivity index (χ0) is 21.0. The highest BCUT2D eigenvalue weighted by atomic mass is 35.5. The highest BCUT2D eigenvalue weighted by molar-refractivity contribution is 6.57. The largest absolute Gasteiger partial charge is 0.488 e. The van der Waals surface area contributed by atoms with Crippen molar-refractivity contribution >= 4 is 51.2 Å². The van der Waals surface area contributed by atoms with Crippen LogP contribution in [-0.2, 0) is 4.79 Å². The Bertz CT molecular complexity index is 988. The molecule has 3 rings (SSSR count). The van der Waals surface area contributed by atoms with E-state index in [0.29, 0.717) is 23.7 Å². The molecule has 0 saturated carbocycles. The molecule has 152 valence electrons. The van der Waals surface area contributed by atoms with Crippen LogP contribution >= 0.6 is 23.2 Å². The molecule has 1 atom stereocenters. The van der Waals surface area contributed by atoms with E-state index in [1.54, 1.807) is 0 Å². The maximum Gasteiger partial charge on any atom is 0.215 e. The Kier molecular flexibility index (Phi) is 7.09. The number of hydrogen-bond donors (Lipinski definition) is 2. The van der Waals surface area contributed by atoms with Gasteiger partial charge in [0.1, 0.15) is 18.4 Å². The first kappa shape index (κ1) is 21.5. The van der Waals surface area contributed by atoms with Crippen molar-refractivity contribution in [3.05, 3.63) is 58.6 Å². The number of aliphatic hydroxyl groups is 1. The number of carbonyl (C=O) groups excluding carboxylic acids is 1. The van der Waals surface area contributed by atoms with Crippen LogP contribution in [0.5, 0.6) is 5.75 Å². The van der Waals surface area contributed by atoms with Crippen LogP contribution in [0.3, 0.4) is 0 Å². The summed E-state index contributed by atoms with van der Waals surface area (Å²) in [6.07, 6.45) is 2.26. The quantitative estimate of drug-likeness (QED) is 0.632. The van der Waals surface area contributed by atoms with Gasteiger partial charge in [-0.2, -0.15) is 0 Å². The Balaban J connectivity index is 1.94. The highest BCUT2D eigenvalue weighted by Crippen LogP contribution is 2.36. The summed E-state index contributed by atoms with van der Waals surface area (Å²) in [6, 6.07) is 11.8. The topological polar surface area (TPSA) is 70.9 Å². The lowest BCUT2D eigenvalue weighted by Crippen LogP contribution is -2.35. The van der Waals surface area contributed by atoms with Gasteiger partial charge in [-0.1, -0.05) is 67.4 Å². The fraction of sp³-hybridized carbons (Fsp3) is 0.273. The van der Waals surface area contributed by atoms with Crippen molar-refractivity contribution in [2.24, 2.45) is 4.99 Å². The van der Waals surface area contributed by atoms with Gasteiger partial charge in [0.15, 0.2) is 5.75 Å². The van der Waals surface area contributed by atoms with E-state index in [9.17, 15) is 9.90 Å². The first-order chi connectivity index (χ1) is 13.8. The van der Waals surface area contributed by atoms with Gasteiger partial charge in [-0.15, -0.1) is 0 Å². The number of benzene rings is 2. The van der Waals surface area contributed by atoms with Crippen LogP contribution < -0.4 is 10.1 Å². The van der Waals surface area contributed by atoms with Crippen molar-refractivity contribution in [3.63, 3.8) is 0 Å². The summed E-state index contributed by atoms with van der Waals surface area (Å²) in [7, 11) is 0. The van der Waals surface area contributed by atoms with Crippen molar-refractivity contribution in [2.75, 3.05) is 13.2 Å². The maximum absolute atomic E-state index is 11.7. The van der Waals surface area contributed by atoms with Crippen molar-refractivity contribution < 1.29 is 14.6 Å². The third-order valence-corrected chi connectivity index (χ3v) is 4.83. The molecule has 5 nitrogen and oxygen atoms in total. The number of hydrogen-bond acceptors (Lipinski definition) is 5. The number of aliphatic imine (C=N–C) groups is 1. The van der Waals surface area contributed by atoms with E-state index in [0.717, 1.165) is 10.8 Å². The van der Waals surface area contributed by atoms with Gasteiger partial charge in [0.2, 0.25) is 5.78 Å². The maximum atomic E-state index is 11.7. The second kappa shape index (κ2) is 9.55. The number of aliphatic hydroxyl groups excluding tert-OH is 1. The van der Waals surface area contributed by atoms with E-state index in [1.165, 1.54) is 12.2 Å². The van der Waals surface area contributed by atoms with Crippen molar-refractivity contribution in [1.82, 2.24) is 5.32 Å². The monoisotopic (exact) mass is 432 g/mol. The highest BCUT2D eigenvalue weighted by Gasteiger charge is 2.18. The SMILES string of the molecule is CC(C)NCC(O)COc1c(N=C2C=C(Cl)C(=O)C(Cl)=C2)ccc2ccccc12. The normalized spacial score (nSPS) is 15.4. The molecule has 0 saturated heterocycles. The molecule has 1 unspecified atom stereocenters. The van der Waals surface area contributed by atoms with Gasteiger partial charge < -0.3 is 15.2 Å². The summed E-state index contributed by atoms with van der Waals surface area (Å²) in [5.41, 5.74) is 1.00. The average molecular weight is 433 g/mol. The average Bonchev–Trinajstić information content (AvgIpc) is 2.69. The molecule has 0 radical (unpaired) electrons. The minimum atomic E-state index is -0.673. The third-order valence-electron chi connectivity index (χ3n) is 4.27. The van der Waals surface area contributed by atoms with Crippen LogP contribution in [0.25, 0.3) is 10.8 Å². The lowest BCUT2D eigenvalue weighted by atomic mass is 10.1. The number of ketones is 1. The Morgan fingerprint density at radius 2 is 1.79 bits per heavy atom. The molecule has 0 spiro atoms. The summed E-state index contributed by atoms with van der Waals surface area (Å²) in [5.74, 6) is 0.119. The van der Waals surface area contributed by atoms with Gasteiger partial charge in [-0.25, -0.2) is 4.99 Å². The minimum absolute atomic E-state index is 0.00897. The number of nitrogens with zero attached hydrogens (tertiary/aromatic N) is 1. The van der Waals surface area contributed by atoms with Gasteiger partial charge in [0.25, 0.3) is 0 Å². The van der Waals surface area contributed by atoms with Gasteiger partial charge >= 0.3 is 0 Å². The first-order valence-electron chi connectivity index (χ1n) is 9.29. The van der Waals surface area contributed by atoms with Crippen molar-refractivity contribution in [1.29, 1.82) is 0 Å². The van der Waals surface area contributed by atoms with Crippen LogP contribution in [0, 0.1) is 0 Å². The molecule has 2 aromatic carbocycles. The molecule has 29 heavy (non-hydrogen) atoms. The molecule has 0 aliphatic heterocycles. The standard InChI is InChI=1S/C22H22Cl2N2O3/c1-13(2)25-11-16(27)12-29-22-17-6-4-3-5-14(17)7-8-20(22)26-15-9-18(23)21(28)19(24)10-15/h3-10,13,16,25,27H,11-12H2,1-2H3. The lowest BCUT2D eigenvalue weighted by Gasteiger charge is -2.17. The first-order valence-corrected chi connectivity index (χ1v) is 10.0. The third kappa shape index (κ3) is 5.46. The van der Waals surface area contributed by atoms with Crippen LogP contribution in [-0.4, -0.2) is 41.9 Å². The number of nitrogens with one attached hydrogen (secondary N) is 1. The molecular formula is C22H22Cl2N2O3. The predicted octanol–water partition coefficient (Wildman–Crippen LogP) is 4.48. The molecule has 0 bridgehead atoms. The Labute approximate surface area is 179 Å². The van der Waals surface area contributed by atoms with E-state index in [1.807, 2.05) is 50.2 Å². The molecule has 0 amide bonds. The molecule has 0 fully saturated rings. The smallest absolute Gasteiger partial charge is 0.215 e. The summed E-state index contributed by atoms with van der Waals surface area (Å²) >= 11 is 11.9. The van der Waals surface area contributed by atoms with Gasteiger partial charge in [-0.3, -0.25) is 4.79 Å². The number of fused-ring (bicyclic) bond motifs is 1. The predicted molar refractivity (Wildman–Crippen MR) is 119 cm³/mol. The summed E-state index contributed by atoms with van der Waals surface area (Å²) in [5, 5.41) is 15.3. The van der Waals surface area contributed by atoms with Crippen LogP contribution in [0.15, 0.2) is 63.6 Å². The number of Topliss-reactive ketones (excluding diaryl/α,β-unsaturated/α-hetero) is 1. The number of ether oxygens (including phenoxy) is 1. The second-order valence-electron chi connectivity index (χ2n) is 7.01. The number of carbonyl (C=O) groups is 1. The minimum Gasteiger partial charge on any atom is -0.488 e. The van der Waals surface area contributed by atoms with Crippen molar-refractivity contribution in [3.8, 4) is 5.75 Å². The number of allylic oxidation sites excluding steroid dienone is 4. The van der Waals surface area contributed by atoms with E-state index in [2.05, 4.69) is 10.3 Å². The molecule has 1 aliphatic rings. The fourth-order valence-corrected chi connectivity index (χ4v) is 3.31. The Morgan fingerprint density at radius 3 is 2.48 bits per heavy atom. The Morgan fingerprint density at radius 1 is 1.10 bits per heavy atom. The summed E-state index contributed by atoms with van der Waals surface area (Å²) in [4.78, 5) is 16.3. The Hall–Kier alpha value is -2.18. The molecule has 1 aliphatic carbocycles. The second-order valence-corrected chi connectivity index (χ2v) is 7.83. The molecule has 7 heteroatoms. The van der Waals surface area contributed by atoms with E-state index in [4.69, 9.17) is 27.9 Å². The van der Waals surface area contributed by atoms with Gasteiger partial charge in [-0.05, 0) is 23.6 Å². The zero-order valence-electron chi connectivity index (χ0n) is 16.2. The van der Waals surface area contributed by atoms with Crippen LogP contribution in [0.1, 0.15) is 13.8 Å². The summed E-state index contributed by atoms with van der Waals surface area (Å²) in [6.45, 7) is 4.56. The number of halogens is 2. The number of rotatable bonds is 7. The molecular weight excluding hydrogens is 411 g/mol. The van der Waals surface area contributed by atoms with Gasteiger partial charge in [0, 0.05) is 18.0 Å². The zero-order valence-corrected chi connectivity index (χ0v) is 17.7. The molecule has 0 aromatic heterocycles. The molecule has 0 heterocycles. The van der Waals surface area contributed by atoms with Gasteiger partial charge in [0.05, 0.1) is 15.8 Å². The van der Waals surface area contributed by atoms with Crippen LogP contribution in [0.4, 0.5) is 5.69 Å². The fourth-order valence-electron chi connectivity index (χ4n) is 2.83. The lowest BCUT2D eigenvalue weighted by molar-refractivity contribution is -0.111. The van der Waals surface area contributed by atoms with E-state index < -0.39 is 11.9 Å².